The molecule has 5 aromatic rings. The highest BCUT2D eigenvalue weighted by atomic mass is 19.1. The maximum Gasteiger partial charge on any atom is 0.220 e. The summed E-state index contributed by atoms with van der Waals surface area (Å²) in [5.74, 6) is 3.37. The Labute approximate surface area is 320 Å². The largest absolute Gasteiger partial charge is 0.497 e. The lowest BCUT2D eigenvalue weighted by atomic mass is 9.73. The third kappa shape index (κ3) is 7.91. The molecule has 0 spiro atoms. The molecule has 4 aromatic carbocycles. The first-order valence-electron chi connectivity index (χ1n) is 19.8. The molecule has 7 nitrogen and oxygen atoms in total. The van der Waals surface area contributed by atoms with Crippen LogP contribution in [0.15, 0.2) is 108 Å². The van der Waals surface area contributed by atoms with E-state index in [4.69, 9.17) is 14.1 Å². The van der Waals surface area contributed by atoms with Gasteiger partial charge in [0.25, 0.3) is 0 Å². The number of fused-ring (bicyclic) bond motifs is 1. The molecule has 2 aliphatic heterocycles. The lowest BCUT2D eigenvalue weighted by Gasteiger charge is -2.43. The standard InChI is InChI=1S/C46H54FN5O2/c1-49(2)43(37-14-9-15-39(47)31-37)35-16-18-36(19-17-35)44(52-25-24-34-12-7-8-13-38(34)32-52)45-48-42(30-33-10-5-4-6-11-33)46(54-45)51-28-26-50(27-29-51)40-20-22-41(53-3)23-21-40/h4-15,20-23,31,35-36,43-44H,16-19,24-30,32H2,1-3H3. The molecule has 3 heterocycles. The van der Waals surface area contributed by atoms with Gasteiger partial charge in [-0.2, -0.15) is 0 Å². The Balaban J connectivity index is 1.09. The third-order valence-electron chi connectivity index (χ3n) is 12.2. The summed E-state index contributed by atoms with van der Waals surface area (Å²) in [7, 11) is 5.98. The van der Waals surface area contributed by atoms with Crippen molar-refractivity contribution in [3.63, 3.8) is 0 Å². The van der Waals surface area contributed by atoms with Crippen molar-refractivity contribution in [2.24, 2.45) is 11.8 Å². The predicted molar refractivity (Wildman–Crippen MR) is 215 cm³/mol. The molecule has 54 heavy (non-hydrogen) atoms. The molecule has 2 fully saturated rings. The normalized spacial score (nSPS) is 20.5. The molecule has 3 aliphatic rings. The zero-order valence-electron chi connectivity index (χ0n) is 32.0. The molecule has 0 N–H and O–H groups in total. The van der Waals surface area contributed by atoms with E-state index in [0.717, 1.165) is 107 Å². The predicted octanol–water partition coefficient (Wildman–Crippen LogP) is 8.95. The molecule has 2 atom stereocenters. The maximum absolute atomic E-state index is 14.4. The Kier molecular flexibility index (Phi) is 11.0. The van der Waals surface area contributed by atoms with Gasteiger partial charge in [-0.1, -0.05) is 66.7 Å². The van der Waals surface area contributed by atoms with E-state index < -0.39 is 0 Å². The lowest BCUT2D eigenvalue weighted by Crippen LogP contribution is -2.46. The highest BCUT2D eigenvalue weighted by Gasteiger charge is 2.40. The van der Waals surface area contributed by atoms with E-state index in [9.17, 15) is 4.39 Å². The third-order valence-corrected chi connectivity index (χ3v) is 12.2. The van der Waals surface area contributed by atoms with Gasteiger partial charge in [-0.25, -0.2) is 9.37 Å². The van der Waals surface area contributed by atoms with E-state index in [1.165, 1.54) is 22.4 Å². The summed E-state index contributed by atoms with van der Waals surface area (Å²) < 4.78 is 26.9. The fraction of sp³-hybridized carbons (Fsp3) is 0.413. The quantitative estimate of drug-likeness (QED) is 0.135. The number of hydrogen-bond acceptors (Lipinski definition) is 7. The van der Waals surface area contributed by atoms with Gasteiger partial charge in [0.05, 0.1) is 13.2 Å². The van der Waals surface area contributed by atoms with Crippen LogP contribution in [0.2, 0.25) is 0 Å². The molecule has 0 amide bonds. The Morgan fingerprint density at radius 3 is 2.17 bits per heavy atom. The van der Waals surface area contributed by atoms with Crippen molar-refractivity contribution in [1.82, 2.24) is 14.8 Å². The molecule has 0 radical (unpaired) electrons. The summed E-state index contributed by atoms with van der Waals surface area (Å²) in [4.78, 5) is 15.3. The second-order valence-corrected chi connectivity index (χ2v) is 15.7. The van der Waals surface area contributed by atoms with Crippen molar-refractivity contribution in [3.8, 4) is 5.75 Å². The van der Waals surface area contributed by atoms with Crippen LogP contribution in [0.4, 0.5) is 16.0 Å². The minimum Gasteiger partial charge on any atom is -0.497 e. The van der Waals surface area contributed by atoms with Gasteiger partial charge in [0, 0.05) is 57.4 Å². The average Bonchev–Trinajstić information content (AvgIpc) is 3.61. The molecular weight excluding hydrogens is 674 g/mol. The van der Waals surface area contributed by atoms with Crippen molar-refractivity contribution >= 4 is 11.6 Å². The summed E-state index contributed by atoms with van der Waals surface area (Å²) in [6.07, 6.45) is 6.10. The summed E-state index contributed by atoms with van der Waals surface area (Å²) in [5, 5.41) is 0. The first-order chi connectivity index (χ1) is 26.4. The fourth-order valence-corrected chi connectivity index (χ4v) is 9.47. The molecule has 0 bridgehead atoms. The van der Waals surface area contributed by atoms with Gasteiger partial charge < -0.3 is 23.9 Å². The number of benzene rings is 4. The zero-order valence-corrected chi connectivity index (χ0v) is 32.0. The molecule has 1 saturated carbocycles. The van der Waals surface area contributed by atoms with Crippen molar-refractivity contribution < 1.29 is 13.5 Å². The molecule has 1 aromatic heterocycles. The van der Waals surface area contributed by atoms with Crippen LogP contribution in [0.5, 0.6) is 5.75 Å². The van der Waals surface area contributed by atoms with Crippen LogP contribution in [-0.4, -0.2) is 68.7 Å². The van der Waals surface area contributed by atoms with Gasteiger partial charge in [-0.3, -0.25) is 4.90 Å². The van der Waals surface area contributed by atoms with Crippen molar-refractivity contribution in [2.45, 2.75) is 57.2 Å². The number of oxazole rings is 1. The molecule has 282 valence electrons. The maximum atomic E-state index is 14.4. The van der Waals surface area contributed by atoms with Crippen molar-refractivity contribution in [3.05, 3.63) is 143 Å². The highest BCUT2D eigenvalue weighted by molar-refractivity contribution is 5.52. The SMILES string of the molecule is COc1ccc(N2CCN(c3oc(C(C4CCC(C(c5cccc(F)c5)N(C)C)CC4)N4CCc5ccccc5C4)nc3Cc3ccccc3)CC2)cc1. The number of anilines is 2. The van der Waals surface area contributed by atoms with Crippen LogP contribution in [0, 0.1) is 17.7 Å². The number of methoxy groups -OCH3 is 1. The molecule has 1 aliphatic carbocycles. The Morgan fingerprint density at radius 1 is 0.778 bits per heavy atom. The Morgan fingerprint density at radius 2 is 1.46 bits per heavy atom. The van der Waals surface area contributed by atoms with E-state index in [1.54, 1.807) is 19.2 Å². The number of piperazine rings is 1. The highest BCUT2D eigenvalue weighted by Crippen LogP contribution is 2.46. The molecular formula is C46H54FN5O2. The number of rotatable bonds is 11. The number of nitrogens with zero attached hydrogens (tertiary/aromatic N) is 5. The summed E-state index contributed by atoms with van der Waals surface area (Å²) in [6, 6.07) is 35.5. The van der Waals surface area contributed by atoms with E-state index in [0.29, 0.717) is 11.8 Å². The van der Waals surface area contributed by atoms with Gasteiger partial charge in [0.2, 0.25) is 11.8 Å². The van der Waals surface area contributed by atoms with Crippen LogP contribution >= 0.6 is 0 Å². The van der Waals surface area contributed by atoms with Gasteiger partial charge >= 0.3 is 0 Å². The number of ether oxygens (including phenoxy) is 1. The van der Waals surface area contributed by atoms with Crippen molar-refractivity contribution in [1.29, 1.82) is 0 Å². The van der Waals surface area contributed by atoms with Crippen LogP contribution in [0.1, 0.15) is 71.6 Å². The smallest absolute Gasteiger partial charge is 0.220 e. The molecule has 2 unspecified atom stereocenters. The van der Waals surface area contributed by atoms with Crippen LogP contribution in [-0.2, 0) is 19.4 Å². The Hall–Kier alpha value is -4.66. The van der Waals surface area contributed by atoms with Gasteiger partial charge in [0.15, 0.2) is 0 Å². The summed E-state index contributed by atoms with van der Waals surface area (Å²) in [6.45, 7) is 5.42. The van der Waals surface area contributed by atoms with Gasteiger partial charge in [-0.05, 0) is 117 Å². The fourth-order valence-electron chi connectivity index (χ4n) is 9.47. The Bertz CT molecular complexity index is 1960. The first-order valence-corrected chi connectivity index (χ1v) is 19.8. The second-order valence-electron chi connectivity index (χ2n) is 15.7. The topological polar surface area (TPSA) is 48.2 Å². The minimum absolute atomic E-state index is 0.0788. The second kappa shape index (κ2) is 16.4. The number of aromatic nitrogens is 1. The molecule has 8 rings (SSSR count). The number of hydrogen-bond donors (Lipinski definition) is 0. The van der Waals surface area contributed by atoms with Crippen LogP contribution in [0.25, 0.3) is 0 Å². The van der Waals surface area contributed by atoms with E-state index in [2.05, 4.69) is 106 Å². The summed E-state index contributed by atoms with van der Waals surface area (Å²) in [5.41, 5.74) is 7.42. The lowest BCUT2D eigenvalue weighted by molar-refractivity contribution is 0.0594. The van der Waals surface area contributed by atoms with Gasteiger partial charge in [0.1, 0.15) is 17.3 Å². The van der Waals surface area contributed by atoms with Crippen LogP contribution in [0.3, 0.4) is 0 Å². The average molecular weight is 728 g/mol. The summed E-state index contributed by atoms with van der Waals surface area (Å²) >= 11 is 0. The number of halogens is 1. The van der Waals surface area contributed by atoms with E-state index in [-0.39, 0.29) is 17.9 Å². The zero-order chi connectivity index (χ0) is 37.0. The van der Waals surface area contributed by atoms with Crippen LogP contribution < -0.4 is 14.5 Å². The van der Waals surface area contributed by atoms with Gasteiger partial charge in [-0.15, -0.1) is 0 Å². The minimum atomic E-state index is -0.161. The molecule has 8 heteroatoms. The van der Waals surface area contributed by atoms with E-state index in [1.807, 2.05) is 18.2 Å². The molecule has 1 saturated heterocycles. The van der Waals surface area contributed by atoms with E-state index >= 15 is 0 Å². The monoisotopic (exact) mass is 727 g/mol. The van der Waals surface area contributed by atoms with Crippen molar-refractivity contribution in [2.75, 3.05) is 63.7 Å². The first kappa shape index (κ1) is 36.3.